The third-order valence-electron chi connectivity index (χ3n) is 4.27. The molecule has 1 aromatic carbocycles. The molecule has 2 aromatic rings. The number of fused-ring (bicyclic) bond motifs is 1. The summed E-state index contributed by atoms with van der Waals surface area (Å²) in [5, 5.41) is 3.18. The van der Waals surface area contributed by atoms with Crippen LogP contribution in [0.3, 0.4) is 0 Å². The lowest BCUT2D eigenvalue weighted by atomic mass is 9.94. The molecule has 1 aliphatic heterocycles. The first kappa shape index (κ1) is 17.2. The summed E-state index contributed by atoms with van der Waals surface area (Å²) in [6, 6.07) is 9.14. The van der Waals surface area contributed by atoms with Gasteiger partial charge in [0.1, 0.15) is 29.8 Å². The second kappa shape index (κ2) is 7.53. The maximum atomic E-state index is 11.9. The Hall–Kier alpha value is -2.60. The molecule has 0 unspecified atom stereocenters. The summed E-state index contributed by atoms with van der Waals surface area (Å²) in [4.78, 5) is 16.4. The minimum absolute atomic E-state index is 0.275. The molecule has 0 bridgehead atoms. The SMILES string of the molecule is COC(=O)[C@@H]1NCCc2cc(OCc3nc(C)ccc3OC)ccc21. The summed E-state index contributed by atoms with van der Waals surface area (Å²) in [5.41, 5.74) is 3.71. The molecule has 0 amide bonds. The Balaban J connectivity index is 1.77. The Bertz CT molecular complexity index is 776. The van der Waals surface area contributed by atoms with Crippen molar-refractivity contribution in [3.05, 3.63) is 52.8 Å². The molecule has 1 N–H and O–H groups in total. The van der Waals surface area contributed by atoms with Crippen molar-refractivity contribution in [2.24, 2.45) is 0 Å². The fraction of sp³-hybridized carbons (Fsp3) is 0.368. The zero-order valence-electron chi connectivity index (χ0n) is 14.7. The maximum absolute atomic E-state index is 11.9. The van der Waals surface area contributed by atoms with Crippen LogP contribution in [0, 0.1) is 6.92 Å². The number of carbonyl (C=O) groups excluding carboxylic acids is 1. The normalized spacial score (nSPS) is 16.0. The molecule has 6 heteroatoms. The van der Waals surface area contributed by atoms with Crippen molar-refractivity contribution >= 4 is 5.97 Å². The molecule has 0 spiro atoms. The highest BCUT2D eigenvalue weighted by Gasteiger charge is 2.27. The number of benzene rings is 1. The second-order valence-corrected chi connectivity index (χ2v) is 5.91. The second-order valence-electron chi connectivity index (χ2n) is 5.91. The minimum Gasteiger partial charge on any atom is -0.495 e. The van der Waals surface area contributed by atoms with Crippen LogP contribution in [-0.4, -0.2) is 31.7 Å². The number of ether oxygens (including phenoxy) is 3. The quantitative estimate of drug-likeness (QED) is 0.841. The molecule has 1 aliphatic rings. The minimum atomic E-state index is -0.415. The van der Waals surface area contributed by atoms with E-state index in [0.29, 0.717) is 12.4 Å². The predicted octanol–water partition coefficient (Wildman–Crippen LogP) is 2.34. The van der Waals surface area contributed by atoms with Crippen LogP contribution in [0.2, 0.25) is 0 Å². The molecular weight excluding hydrogens is 320 g/mol. The summed E-state index contributed by atoms with van der Waals surface area (Å²) in [6.45, 7) is 2.98. The average molecular weight is 342 g/mol. The molecule has 0 saturated carbocycles. The van der Waals surface area contributed by atoms with E-state index in [1.165, 1.54) is 7.11 Å². The van der Waals surface area contributed by atoms with Gasteiger partial charge in [-0.1, -0.05) is 6.07 Å². The molecule has 3 rings (SSSR count). The summed E-state index contributed by atoms with van der Waals surface area (Å²) in [7, 11) is 3.02. The van der Waals surface area contributed by atoms with Gasteiger partial charge in [-0.05, 0) is 48.7 Å². The van der Waals surface area contributed by atoms with Gasteiger partial charge in [0.05, 0.1) is 14.2 Å². The number of nitrogens with zero attached hydrogens (tertiary/aromatic N) is 1. The van der Waals surface area contributed by atoms with Gasteiger partial charge in [-0.2, -0.15) is 0 Å². The Labute approximate surface area is 147 Å². The van der Waals surface area contributed by atoms with Gasteiger partial charge in [-0.25, -0.2) is 4.79 Å². The molecule has 132 valence electrons. The van der Waals surface area contributed by atoms with Crippen LogP contribution in [0.5, 0.6) is 11.5 Å². The fourth-order valence-electron chi connectivity index (χ4n) is 3.00. The lowest BCUT2D eigenvalue weighted by Gasteiger charge is -2.25. The summed E-state index contributed by atoms with van der Waals surface area (Å²) < 4.78 is 16.1. The molecule has 1 aromatic heterocycles. The summed E-state index contributed by atoms with van der Waals surface area (Å²) in [6.07, 6.45) is 0.839. The number of pyridine rings is 1. The van der Waals surface area contributed by atoms with Gasteiger partial charge < -0.3 is 19.5 Å². The van der Waals surface area contributed by atoms with E-state index in [-0.39, 0.29) is 5.97 Å². The smallest absolute Gasteiger partial charge is 0.327 e. The van der Waals surface area contributed by atoms with Gasteiger partial charge in [0.15, 0.2) is 0 Å². The lowest BCUT2D eigenvalue weighted by Crippen LogP contribution is -2.35. The van der Waals surface area contributed by atoms with E-state index in [1.54, 1.807) is 7.11 Å². The number of aromatic nitrogens is 1. The van der Waals surface area contributed by atoms with Gasteiger partial charge in [-0.3, -0.25) is 4.98 Å². The highest BCUT2D eigenvalue weighted by atomic mass is 16.5. The maximum Gasteiger partial charge on any atom is 0.327 e. The number of hydrogen-bond acceptors (Lipinski definition) is 6. The zero-order chi connectivity index (χ0) is 17.8. The van der Waals surface area contributed by atoms with Crippen LogP contribution in [0.4, 0.5) is 0 Å². The van der Waals surface area contributed by atoms with Crippen molar-refractivity contribution in [1.29, 1.82) is 0 Å². The predicted molar refractivity (Wildman–Crippen MR) is 92.8 cm³/mol. The Morgan fingerprint density at radius 2 is 2.12 bits per heavy atom. The third kappa shape index (κ3) is 3.74. The third-order valence-corrected chi connectivity index (χ3v) is 4.27. The van der Waals surface area contributed by atoms with Gasteiger partial charge in [0, 0.05) is 12.2 Å². The number of aryl methyl sites for hydroxylation is 1. The largest absolute Gasteiger partial charge is 0.495 e. The van der Waals surface area contributed by atoms with Gasteiger partial charge in [0.25, 0.3) is 0 Å². The number of carbonyl (C=O) groups is 1. The molecule has 0 radical (unpaired) electrons. The van der Waals surface area contributed by atoms with E-state index in [4.69, 9.17) is 14.2 Å². The van der Waals surface area contributed by atoms with Gasteiger partial charge in [-0.15, -0.1) is 0 Å². The number of esters is 1. The van der Waals surface area contributed by atoms with Crippen LogP contribution in [0.1, 0.15) is 28.6 Å². The zero-order valence-corrected chi connectivity index (χ0v) is 14.7. The standard InChI is InChI=1S/C19H22N2O4/c1-12-4-7-17(23-2)16(21-12)11-25-14-5-6-15-13(10-14)8-9-20-18(15)19(22)24-3/h4-7,10,18,20H,8-9,11H2,1-3H3/t18-/m1/s1. The first-order valence-electron chi connectivity index (χ1n) is 8.19. The summed E-state index contributed by atoms with van der Waals surface area (Å²) in [5.74, 6) is 1.18. The van der Waals surface area contributed by atoms with Crippen LogP contribution in [0.25, 0.3) is 0 Å². The first-order valence-corrected chi connectivity index (χ1v) is 8.19. The van der Waals surface area contributed by atoms with E-state index in [1.807, 2.05) is 37.3 Å². The van der Waals surface area contributed by atoms with Crippen molar-refractivity contribution in [3.8, 4) is 11.5 Å². The van der Waals surface area contributed by atoms with Crippen LogP contribution in [0.15, 0.2) is 30.3 Å². The van der Waals surface area contributed by atoms with Gasteiger partial charge >= 0.3 is 5.97 Å². The van der Waals surface area contributed by atoms with E-state index < -0.39 is 6.04 Å². The highest BCUT2D eigenvalue weighted by molar-refractivity contribution is 5.78. The highest BCUT2D eigenvalue weighted by Crippen LogP contribution is 2.28. The monoisotopic (exact) mass is 342 g/mol. The molecule has 0 aliphatic carbocycles. The van der Waals surface area contributed by atoms with Crippen molar-refractivity contribution in [1.82, 2.24) is 10.3 Å². The molecule has 25 heavy (non-hydrogen) atoms. The fourth-order valence-corrected chi connectivity index (χ4v) is 3.00. The van der Waals surface area contributed by atoms with Crippen LogP contribution < -0.4 is 14.8 Å². The van der Waals surface area contributed by atoms with E-state index in [0.717, 1.165) is 41.2 Å². The van der Waals surface area contributed by atoms with Crippen LogP contribution in [-0.2, 0) is 22.6 Å². The molecular formula is C19H22N2O4. The topological polar surface area (TPSA) is 69.7 Å². The Kier molecular flexibility index (Phi) is 5.19. The molecule has 1 atom stereocenters. The first-order chi connectivity index (χ1) is 12.1. The Morgan fingerprint density at radius 3 is 2.88 bits per heavy atom. The van der Waals surface area contributed by atoms with Crippen molar-refractivity contribution in [2.45, 2.75) is 26.0 Å². The molecule has 0 fully saturated rings. The van der Waals surface area contributed by atoms with Crippen LogP contribution >= 0.6 is 0 Å². The van der Waals surface area contributed by atoms with E-state index in [2.05, 4.69) is 10.3 Å². The van der Waals surface area contributed by atoms with Crippen molar-refractivity contribution in [2.75, 3.05) is 20.8 Å². The van der Waals surface area contributed by atoms with Crippen molar-refractivity contribution in [3.63, 3.8) is 0 Å². The Morgan fingerprint density at radius 1 is 1.28 bits per heavy atom. The molecule has 6 nitrogen and oxygen atoms in total. The van der Waals surface area contributed by atoms with Crippen molar-refractivity contribution < 1.29 is 19.0 Å². The number of nitrogens with one attached hydrogen (secondary N) is 1. The number of rotatable bonds is 5. The number of hydrogen-bond donors (Lipinski definition) is 1. The van der Waals surface area contributed by atoms with E-state index in [9.17, 15) is 4.79 Å². The lowest BCUT2D eigenvalue weighted by molar-refractivity contribution is -0.143. The van der Waals surface area contributed by atoms with Gasteiger partial charge in [0.2, 0.25) is 0 Å². The molecule has 0 saturated heterocycles. The number of methoxy groups -OCH3 is 2. The average Bonchev–Trinajstić information content (AvgIpc) is 2.65. The molecule has 2 heterocycles. The van der Waals surface area contributed by atoms with E-state index >= 15 is 0 Å². The summed E-state index contributed by atoms with van der Waals surface area (Å²) >= 11 is 0.